The highest BCUT2D eigenvalue weighted by molar-refractivity contribution is 5.94. The van der Waals surface area contributed by atoms with Gasteiger partial charge < -0.3 is 19.7 Å². The van der Waals surface area contributed by atoms with Crippen LogP contribution in [0.1, 0.15) is 38.1 Å². The molecule has 0 spiro atoms. The van der Waals surface area contributed by atoms with Gasteiger partial charge in [-0.3, -0.25) is 9.59 Å². The largest absolute Gasteiger partial charge is 0.454 e. The monoisotopic (exact) mass is 306 g/mol. The molecule has 1 N–H and O–H groups in total. The zero-order valence-electron chi connectivity index (χ0n) is 13.4. The van der Waals surface area contributed by atoms with Crippen LogP contribution in [0.4, 0.5) is 0 Å². The van der Waals surface area contributed by atoms with E-state index in [0.717, 1.165) is 0 Å². The Bertz CT molecular complexity index is 578. The standard InChI is InChI=1S/C16H22N2O4/c1-11(19)18(16(2,3)4)8-7-17-15(20)12-5-6-13-14(9-12)22-10-21-13/h5-6,9H,7-8,10H2,1-4H3,(H,17,20). The van der Waals surface area contributed by atoms with Crippen LogP contribution in [0.5, 0.6) is 11.5 Å². The van der Waals surface area contributed by atoms with Crippen molar-refractivity contribution in [1.29, 1.82) is 0 Å². The first-order valence-corrected chi connectivity index (χ1v) is 7.25. The van der Waals surface area contributed by atoms with Gasteiger partial charge in [-0.2, -0.15) is 0 Å². The van der Waals surface area contributed by atoms with E-state index in [0.29, 0.717) is 30.2 Å². The third kappa shape index (κ3) is 3.69. The summed E-state index contributed by atoms with van der Waals surface area (Å²) in [5.41, 5.74) is 0.240. The van der Waals surface area contributed by atoms with Crippen LogP contribution in [0.25, 0.3) is 0 Å². The lowest BCUT2D eigenvalue weighted by molar-refractivity contribution is -0.133. The van der Waals surface area contributed by atoms with Gasteiger partial charge in [0, 0.05) is 31.1 Å². The van der Waals surface area contributed by atoms with Crippen LogP contribution in [-0.2, 0) is 4.79 Å². The predicted octanol–water partition coefficient (Wildman–Crippen LogP) is 1.79. The predicted molar refractivity (Wildman–Crippen MR) is 82.0 cm³/mol. The quantitative estimate of drug-likeness (QED) is 0.921. The molecule has 0 saturated heterocycles. The molecule has 1 aromatic carbocycles. The second-order valence-electron chi connectivity index (χ2n) is 6.17. The molecule has 0 bridgehead atoms. The van der Waals surface area contributed by atoms with Crippen molar-refractivity contribution in [1.82, 2.24) is 10.2 Å². The van der Waals surface area contributed by atoms with Gasteiger partial charge in [-0.25, -0.2) is 0 Å². The van der Waals surface area contributed by atoms with Crippen molar-refractivity contribution in [2.75, 3.05) is 19.9 Å². The highest BCUT2D eigenvalue weighted by Crippen LogP contribution is 2.32. The summed E-state index contributed by atoms with van der Waals surface area (Å²) in [5.74, 6) is 1.01. The molecule has 22 heavy (non-hydrogen) atoms. The molecule has 0 atom stereocenters. The number of nitrogens with zero attached hydrogens (tertiary/aromatic N) is 1. The second kappa shape index (κ2) is 6.25. The van der Waals surface area contributed by atoms with Crippen LogP contribution in [0.2, 0.25) is 0 Å². The molecular weight excluding hydrogens is 284 g/mol. The van der Waals surface area contributed by atoms with Gasteiger partial charge in [0.05, 0.1) is 0 Å². The van der Waals surface area contributed by atoms with Gasteiger partial charge in [-0.1, -0.05) is 0 Å². The Kier molecular flexibility index (Phi) is 4.59. The maximum absolute atomic E-state index is 12.1. The molecule has 6 heteroatoms. The molecule has 1 heterocycles. The normalized spacial score (nSPS) is 12.9. The van der Waals surface area contributed by atoms with Crippen molar-refractivity contribution in [2.24, 2.45) is 0 Å². The van der Waals surface area contributed by atoms with Crippen molar-refractivity contribution in [3.05, 3.63) is 23.8 Å². The number of amides is 2. The molecule has 6 nitrogen and oxygen atoms in total. The lowest BCUT2D eigenvalue weighted by Crippen LogP contribution is -2.48. The maximum Gasteiger partial charge on any atom is 0.251 e. The average molecular weight is 306 g/mol. The lowest BCUT2D eigenvalue weighted by atomic mass is 10.1. The molecule has 1 aliphatic rings. The molecule has 0 aliphatic carbocycles. The number of carbonyl (C=O) groups is 2. The van der Waals surface area contributed by atoms with Gasteiger partial charge in [0.25, 0.3) is 5.91 Å². The number of ether oxygens (including phenoxy) is 2. The minimum absolute atomic E-state index is 0.00942. The molecule has 2 rings (SSSR count). The van der Waals surface area contributed by atoms with Gasteiger partial charge in [0.2, 0.25) is 12.7 Å². The molecule has 1 aliphatic heterocycles. The molecule has 120 valence electrons. The van der Waals surface area contributed by atoms with Crippen molar-refractivity contribution >= 4 is 11.8 Å². The number of hydrogen-bond donors (Lipinski definition) is 1. The Balaban J connectivity index is 1.91. The zero-order valence-corrected chi connectivity index (χ0v) is 13.4. The topological polar surface area (TPSA) is 67.9 Å². The van der Waals surface area contributed by atoms with Gasteiger partial charge in [-0.15, -0.1) is 0 Å². The molecule has 1 aromatic rings. The van der Waals surface area contributed by atoms with E-state index in [1.165, 1.54) is 6.92 Å². The summed E-state index contributed by atoms with van der Waals surface area (Å²) >= 11 is 0. The summed E-state index contributed by atoms with van der Waals surface area (Å²) in [6, 6.07) is 5.06. The Labute approximate surface area is 130 Å². The smallest absolute Gasteiger partial charge is 0.251 e. The number of fused-ring (bicyclic) bond motifs is 1. The van der Waals surface area contributed by atoms with Crippen LogP contribution in [-0.4, -0.2) is 42.1 Å². The molecule has 2 amide bonds. The molecule has 0 unspecified atom stereocenters. The number of hydrogen-bond acceptors (Lipinski definition) is 4. The minimum Gasteiger partial charge on any atom is -0.454 e. The van der Waals surface area contributed by atoms with Crippen LogP contribution in [0.3, 0.4) is 0 Å². The fraction of sp³-hybridized carbons (Fsp3) is 0.500. The molecule has 0 aromatic heterocycles. The lowest BCUT2D eigenvalue weighted by Gasteiger charge is -2.35. The first-order valence-electron chi connectivity index (χ1n) is 7.25. The first-order chi connectivity index (χ1) is 10.3. The number of rotatable bonds is 4. The number of carbonyl (C=O) groups excluding carboxylic acids is 2. The van der Waals surface area contributed by atoms with Crippen LogP contribution < -0.4 is 14.8 Å². The summed E-state index contributed by atoms with van der Waals surface area (Å²) in [6.45, 7) is 8.47. The van der Waals surface area contributed by atoms with Crippen LogP contribution in [0, 0.1) is 0 Å². The summed E-state index contributed by atoms with van der Waals surface area (Å²) in [4.78, 5) is 25.5. The average Bonchev–Trinajstić information content (AvgIpc) is 2.88. The number of nitrogens with one attached hydrogen (secondary N) is 1. The van der Waals surface area contributed by atoms with Gasteiger partial charge in [0.1, 0.15) is 0 Å². The SMILES string of the molecule is CC(=O)N(CCNC(=O)c1ccc2c(c1)OCO2)C(C)(C)C. The van der Waals surface area contributed by atoms with E-state index < -0.39 is 0 Å². The van der Waals surface area contributed by atoms with E-state index in [9.17, 15) is 9.59 Å². The van der Waals surface area contributed by atoms with Gasteiger partial charge in [-0.05, 0) is 39.0 Å². The van der Waals surface area contributed by atoms with Crippen LogP contribution in [0.15, 0.2) is 18.2 Å². The molecule has 0 saturated carbocycles. The third-order valence-electron chi connectivity index (χ3n) is 3.45. The van der Waals surface area contributed by atoms with E-state index in [4.69, 9.17) is 9.47 Å². The maximum atomic E-state index is 12.1. The summed E-state index contributed by atoms with van der Waals surface area (Å²) in [7, 11) is 0. The summed E-state index contributed by atoms with van der Waals surface area (Å²) < 4.78 is 10.5. The van der Waals surface area contributed by atoms with Crippen molar-refractivity contribution < 1.29 is 19.1 Å². The molecule has 0 fully saturated rings. The van der Waals surface area contributed by atoms with E-state index in [-0.39, 0.29) is 24.1 Å². The fourth-order valence-corrected chi connectivity index (χ4v) is 2.39. The fourth-order valence-electron chi connectivity index (χ4n) is 2.39. The number of benzene rings is 1. The highest BCUT2D eigenvalue weighted by atomic mass is 16.7. The molecular formula is C16H22N2O4. The van der Waals surface area contributed by atoms with E-state index in [1.54, 1.807) is 23.1 Å². The van der Waals surface area contributed by atoms with Gasteiger partial charge in [0.15, 0.2) is 11.5 Å². The highest BCUT2D eigenvalue weighted by Gasteiger charge is 2.23. The van der Waals surface area contributed by atoms with Gasteiger partial charge >= 0.3 is 0 Å². The summed E-state index contributed by atoms with van der Waals surface area (Å²) in [6.07, 6.45) is 0. The van der Waals surface area contributed by atoms with E-state index in [2.05, 4.69) is 5.32 Å². The Morgan fingerprint density at radius 2 is 1.91 bits per heavy atom. The van der Waals surface area contributed by atoms with Crippen molar-refractivity contribution in [3.8, 4) is 11.5 Å². The van der Waals surface area contributed by atoms with Crippen LogP contribution >= 0.6 is 0 Å². The van der Waals surface area contributed by atoms with E-state index >= 15 is 0 Å². The Morgan fingerprint density at radius 1 is 1.23 bits per heavy atom. The minimum atomic E-state index is -0.269. The van der Waals surface area contributed by atoms with E-state index in [1.807, 2.05) is 20.8 Å². The van der Waals surface area contributed by atoms with Crippen molar-refractivity contribution in [3.63, 3.8) is 0 Å². The van der Waals surface area contributed by atoms with Crippen molar-refractivity contribution in [2.45, 2.75) is 33.2 Å². The summed E-state index contributed by atoms with van der Waals surface area (Å²) in [5, 5.41) is 2.82. The Morgan fingerprint density at radius 3 is 2.55 bits per heavy atom. The second-order valence-corrected chi connectivity index (χ2v) is 6.17. The zero-order chi connectivity index (χ0) is 16.3. The Hall–Kier alpha value is -2.24. The third-order valence-corrected chi connectivity index (χ3v) is 3.45. The molecule has 0 radical (unpaired) electrons. The first kappa shape index (κ1) is 16.1.